The van der Waals surface area contributed by atoms with Gasteiger partial charge in [0, 0.05) is 26.2 Å². The second-order valence-corrected chi connectivity index (χ2v) is 3.52. The average molecular weight is 216 g/mol. The van der Waals surface area contributed by atoms with Crippen molar-refractivity contribution in [3.05, 3.63) is 0 Å². The van der Waals surface area contributed by atoms with Crippen LogP contribution in [0.25, 0.3) is 0 Å². The zero-order chi connectivity index (χ0) is 11.3. The molecule has 86 valence electrons. The number of hydrogen-bond donors (Lipinski definition) is 3. The third kappa shape index (κ3) is 3.49. The molecule has 1 aliphatic heterocycles. The Morgan fingerprint density at radius 1 is 1.60 bits per heavy atom. The molecule has 6 heteroatoms. The number of carbonyl (C=O) groups is 2. The Morgan fingerprint density at radius 2 is 2.33 bits per heavy atom. The molecule has 0 aliphatic carbocycles. The third-order valence-electron chi connectivity index (χ3n) is 2.41. The highest BCUT2D eigenvalue weighted by molar-refractivity contribution is 5.86. The Bertz CT molecular complexity index is 244. The molecule has 3 N–H and O–H groups in total. The lowest BCUT2D eigenvalue weighted by Gasteiger charge is -2.33. The molecule has 1 rings (SSSR count). The van der Waals surface area contributed by atoms with E-state index in [0.717, 1.165) is 0 Å². The van der Waals surface area contributed by atoms with Crippen LogP contribution in [0.1, 0.15) is 12.8 Å². The molecule has 15 heavy (non-hydrogen) atoms. The first-order valence-electron chi connectivity index (χ1n) is 4.99. The molecule has 0 saturated carbocycles. The summed E-state index contributed by atoms with van der Waals surface area (Å²) in [4.78, 5) is 23.8. The minimum Gasteiger partial charge on any atom is -0.481 e. The fourth-order valence-electron chi connectivity index (χ4n) is 1.69. The molecular formula is C9H16N2O4. The van der Waals surface area contributed by atoms with Gasteiger partial charge in [0.1, 0.15) is 0 Å². The van der Waals surface area contributed by atoms with E-state index in [1.165, 1.54) is 0 Å². The summed E-state index contributed by atoms with van der Waals surface area (Å²) in [5.74, 6) is -1.22. The number of carboxylic acids is 1. The van der Waals surface area contributed by atoms with Gasteiger partial charge in [-0.1, -0.05) is 0 Å². The van der Waals surface area contributed by atoms with Gasteiger partial charge < -0.3 is 15.5 Å². The zero-order valence-corrected chi connectivity index (χ0v) is 8.48. The quantitative estimate of drug-likeness (QED) is 0.528. The molecule has 6 nitrogen and oxygen atoms in total. The predicted molar refractivity (Wildman–Crippen MR) is 52.3 cm³/mol. The van der Waals surface area contributed by atoms with Crippen molar-refractivity contribution in [2.24, 2.45) is 0 Å². The highest BCUT2D eigenvalue weighted by Gasteiger charge is 2.30. The van der Waals surface area contributed by atoms with E-state index in [0.29, 0.717) is 26.1 Å². The normalized spacial score (nSPS) is 22.5. The maximum absolute atomic E-state index is 11.4. The number of carbonyl (C=O) groups excluding carboxylic acids is 1. The summed E-state index contributed by atoms with van der Waals surface area (Å²) in [6.45, 7) is 1.80. The number of nitrogens with zero attached hydrogens (tertiary/aromatic N) is 1. The number of carboxylic acid groups (broad SMARTS) is 1. The standard InChI is InChI=1S/C9H16N2O4/c12-5-1-3-11-4-2-10-9(15)7(11)6-8(13)14/h7,12H,1-6H2,(H,10,15)(H,13,14). The van der Waals surface area contributed by atoms with Gasteiger partial charge in [-0.25, -0.2) is 0 Å². The third-order valence-corrected chi connectivity index (χ3v) is 2.41. The molecule has 1 aliphatic rings. The van der Waals surface area contributed by atoms with Crippen LogP contribution in [0, 0.1) is 0 Å². The van der Waals surface area contributed by atoms with Crippen LogP contribution >= 0.6 is 0 Å². The van der Waals surface area contributed by atoms with Crippen LogP contribution in [-0.2, 0) is 9.59 Å². The van der Waals surface area contributed by atoms with Gasteiger partial charge in [0.05, 0.1) is 12.5 Å². The molecule has 1 atom stereocenters. The first-order chi connectivity index (χ1) is 7.15. The average Bonchev–Trinajstić information content (AvgIpc) is 2.18. The summed E-state index contributed by atoms with van der Waals surface area (Å²) in [6.07, 6.45) is 0.376. The minimum absolute atomic E-state index is 0.0535. The molecule has 1 heterocycles. The Balaban J connectivity index is 2.55. The number of aliphatic hydroxyl groups is 1. The van der Waals surface area contributed by atoms with Crippen LogP contribution in [0.3, 0.4) is 0 Å². The molecule has 0 aromatic carbocycles. The molecule has 1 fully saturated rings. The van der Waals surface area contributed by atoms with E-state index in [-0.39, 0.29) is 18.9 Å². The largest absolute Gasteiger partial charge is 0.481 e. The summed E-state index contributed by atoms with van der Waals surface area (Å²) in [6, 6.07) is -0.595. The van der Waals surface area contributed by atoms with Crippen molar-refractivity contribution in [3.63, 3.8) is 0 Å². The van der Waals surface area contributed by atoms with Crippen molar-refractivity contribution >= 4 is 11.9 Å². The number of amides is 1. The van der Waals surface area contributed by atoms with E-state index >= 15 is 0 Å². The summed E-state index contributed by atoms with van der Waals surface area (Å²) in [7, 11) is 0. The minimum atomic E-state index is -0.981. The lowest BCUT2D eigenvalue weighted by molar-refractivity contribution is -0.143. The molecule has 0 aromatic rings. The maximum Gasteiger partial charge on any atom is 0.305 e. The Hall–Kier alpha value is -1.14. The van der Waals surface area contributed by atoms with Gasteiger partial charge in [0.2, 0.25) is 5.91 Å². The molecule has 0 aromatic heterocycles. The first-order valence-corrected chi connectivity index (χ1v) is 4.99. The molecule has 1 saturated heterocycles. The SMILES string of the molecule is O=C(O)CC1C(=O)NCCN1CCCO. The van der Waals surface area contributed by atoms with Crippen molar-refractivity contribution in [2.75, 3.05) is 26.2 Å². The van der Waals surface area contributed by atoms with E-state index in [1.807, 2.05) is 4.90 Å². The molecule has 1 amide bonds. The number of rotatable bonds is 5. The van der Waals surface area contributed by atoms with Crippen molar-refractivity contribution in [2.45, 2.75) is 18.9 Å². The summed E-state index contributed by atoms with van der Waals surface area (Å²) < 4.78 is 0. The van der Waals surface area contributed by atoms with Gasteiger partial charge in [-0.15, -0.1) is 0 Å². The molecule has 1 unspecified atom stereocenters. The number of aliphatic carboxylic acids is 1. The predicted octanol–water partition coefficient (Wildman–Crippen LogP) is -1.36. The van der Waals surface area contributed by atoms with Crippen molar-refractivity contribution in [1.82, 2.24) is 10.2 Å². The second kappa shape index (κ2) is 5.67. The van der Waals surface area contributed by atoms with Crippen LogP contribution in [-0.4, -0.2) is 59.3 Å². The van der Waals surface area contributed by atoms with Crippen molar-refractivity contribution < 1.29 is 19.8 Å². The van der Waals surface area contributed by atoms with Gasteiger partial charge in [-0.3, -0.25) is 14.5 Å². The van der Waals surface area contributed by atoms with E-state index in [9.17, 15) is 9.59 Å². The monoisotopic (exact) mass is 216 g/mol. The number of piperazine rings is 1. The Morgan fingerprint density at radius 3 is 2.93 bits per heavy atom. The molecule has 0 spiro atoms. The highest BCUT2D eigenvalue weighted by atomic mass is 16.4. The zero-order valence-electron chi connectivity index (χ0n) is 8.48. The number of aliphatic hydroxyl groups excluding tert-OH is 1. The van der Waals surface area contributed by atoms with Gasteiger partial charge >= 0.3 is 5.97 Å². The molecule has 0 radical (unpaired) electrons. The smallest absolute Gasteiger partial charge is 0.305 e. The second-order valence-electron chi connectivity index (χ2n) is 3.52. The topological polar surface area (TPSA) is 89.9 Å². The molecular weight excluding hydrogens is 200 g/mol. The highest BCUT2D eigenvalue weighted by Crippen LogP contribution is 2.09. The Kier molecular flexibility index (Phi) is 4.51. The van der Waals surface area contributed by atoms with E-state index in [4.69, 9.17) is 10.2 Å². The van der Waals surface area contributed by atoms with Gasteiger partial charge in [-0.2, -0.15) is 0 Å². The van der Waals surface area contributed by atoms with Gasteiger partial charge in [-0.05, 0) is 6.42 Å². The summed E-state index contributed by atoms with van der Waals surface area (Å²) >= 11 is 0. The van der Waals surface area contributed by atoms with Crippen LogP contribution in [0.15, 0.2) is 0 Å². The van der Waals surface area contributed by atoms with Gasteiger partial charge in [0.15, 0.2) is 0 Å². The Labute approximate surface area is 87.9 Å². The maximum atomic E-state index is 11.4. The number of hydrogen-bond acceptors (Lipinski definition) is 4. The fourth-order valence-corrected chi connectivity index (χ4v) is 1.69. The summed E-state index contributed by atoms with van der Waals surface area (Å²) in [5.41, 5.74) is 0. The van der Waals surface area contributed by atoms with Crippen molar-refractivity contribution in [3.8, 4) is 0 Å². The molecule has 0 bridgehead atoms. The first kappa shape index (κ1) is 11.9. The lowest BCUT2D eigenvalue weighted by Crippen LogP contribution is -2.56. The number of nitrogens with one attached hydrogen (secondary N) is 1. The van der Waals surface area contributed by atoms with Crippen LogP contribution in [0.5, 0.6) is 0 Å². The van der Waals surface area contributed by atoms with Crippen molar-refractivity contribution in [1.29, 1.82) is 0 Å². The van der Waals surface area contributed by atoms with Crippen LogP contribution < -0.4 is 5.32 Å². The van der Waals surface area contributed by atoms with Crippen LogP contribution in [0.2, 0.25) is 0 Å². The van der Waals surface area contributed by atoms with E-state index < -0.39 is 12.0 Å². The van der Waals surface area contributed by atoms with E-state index in [2.05, 4.69) is 5.32 Å². The lowest BCUT2D eigenvalue weighted by atomic mass is 10.1. The van der Waals surface area contributed by atoms with E-state index in [1.54, 1.807) is 0 Å². The van der Waals surface area contributed by atoms with Gasteiger partial charge in [0.25, 0.3) is 0 Å². The van der Waals surface area contributed by atoms with Crippen LogP contribution in [0.4, 0.5) is 0 Å². The fraction of sp³-hybridized carbons (Fsp3) is 0.778. The summed E-state index contributed by atoms with van der Waals surface area (Å²) in [5, 5.41) is 20.0.